The molecule has 0 saturated carbocycles. The number of nitrogens with one attached hydrogen (secondary N) is 1. The van der Waals surface area contributed by atoms with E-state index in [0.29, 0.717) is 18.8 Å². The van der Waals surface area contributed by atoms with Crippen LogP contribution >= 0.6 is 0 Å². The molecule has 1 unspecified atom stereocenters. The van der Waals surface area contributed by atoms with Crippen LogP contribution in [0.4, 0.5) is 0 Å². The first-order valence-corrected chi connectivity index (χ1v) is 9.92. The molecule has 0 aliphatic carbocycles. The topological polar surface area (TPSA) is 85.0 Å². The highest BCUT2D eigenvalue weighted by atomic mass is 16.2. The van der Waals surface area contributed by atoms with E-state index in [-0.39, 0.29) is 24.3 Å². The maximum absolute atomic E-state index is 12.7. The molecule has 2 aromatic heterocycles. The van der Waals surface area contributed by atoms with Crippen LogP contribution in [-0.2, 0) is 18.9 Å². The number of likely N-dealkylation sites (tertiary alicyclic amines) is 1. The number of para-hydroxylation sites is 2. The van der Waals surface area contributed by atoms with Gasteiger partial charge in [0.25, 0.3) is 5.91 Å². The van der Waals surface area contributed by atoms with Crippen LogP contribution in [-0.4, -0.2) is 55.7 Å². The molecule has 1 saturated heterocycles. The lowest BCUT2D eigenvalue weighted by Crippen LogP contribution is -2.45. The number of fused-ring (bicyclic) bond motifs is 1. The summed E-state index contributed by atoms with van der Waals surface area (Å²) in [6.45, 7) is 3.14. The van der Waals surface area contributed by atoms with Crippen LogP contribution in [0, 0.1) is 6.92 Å². The van der Waals surface area contributed by atoms with E-state index in [1.807, 2.05) is 37.1 Å². The Hall–Kier alpha value is -3.16. The number of hydrogen-bond donors (Lipinski definition) is 1. The number of piperidine rings is 1. The highest BCUT2D eigenvalue weighted by Gasteiger charge is 2.28. The van der Waals surface area contributed by atoms with E-state index >= 15 is 0 Å². The molecule has 1 atom stereocenters. The summed E-state index contributed by atoms with van der Waals surface area (Å²) in [6.07, 6.45) is 1.93. The van der Waals surface area contributed by atoms with Gasteiger partial charge in [0.05, 0.1) is 23.3 Å². The van der Waals surface area contributed by atoms with Crippen molar-refractivity contribution in [1.29, 1.82) is 0 Å². The minimum Gasteiger partial charge on any atom is -0.342 e. The summed E-state index contributed by atoms with van der Waals surface area (Å²) in [5, 5.41) is 6.90. The molecule has 2 amide bonds. The smallest absolute Gasteiger partial charge is 0.269 e. The first-order valence-electron chi connectivity index (χ1n) is 9.92. The number of aryl methyl sites for hydroxylation is 3. The lowest BCUT2D eigenvalue weighted by atomic mass is 9.97. The third-order valence-electron chi connectivity index (χ3n) is 5.60. The van der Waals surface area contributed by atoms with Crippen LogP contribution in [0.1, 0.15) is 40.8 Å². The molecule has 0 spiro atoms. The lowest BCUT2D eigenvalue weighted by molar-refractivity contribution is -0.131. The average molecular weight is 394 g/mol. The summed E-state index contributed by atoms with van der Waals surface area (Å²) in [5.41, 5.74) is 3.30. The van der Waals surface area contributed by atoms with Crippen molar-refractivity contribution in [3.63, 3.8) is 0 Å². The van der Waals surface area contributed by atoms with E-state index in [0.717, 1.165) is 35.4 Å². The number of hydrogen-bond acceptors (Lipinski definition) is 4. The van der Waals surface area contributed by atoms with Crippen molar-refractivity contribution in [2.75, 3.05) is 19.6 Å². The van der Waals surface area contributed by atoms with Crippen LogP contribution < -0.4 is 5.32 Å². The maximum Gasteiger partial charge on any atom is 0.269 e. The Balaban J connectivity index is 1.41. The number of carbonyl (C=O) groups is 2. The summed E-state index contributed by atoms with van der Waals surface area (Å²) in [6, 6.07) is 9.79. The highest BCUT2D eigenvalue weighted by Crippen LogP contribution is 2.28. The van der Waals surface area contributed by atoms with Crippen LogP contribution in [0.3, 0.4) is 0 Å². The summed E-state index contributed by atoms with van der Waals surface area (Å²) in [5.74, 6) is 0.852. The lowest BCUT2D eigenvalue weighted by Gasteiger charge is -2.32. The molecular weight excluding hydrogens is 368 g/mol. The summed E-state index contributed by atoms with van der Waals surface area (Å²) < 4.78 is 3.65. The number of carbonyl (C=O) groups excluding carboxylic acids is 2. The predicted octanol–water partition coefficient (Wildman–Crippen LogP) is 1.75. The Morgan fingerprint density at radius 1 is 1.24 bits per heavy atom. The standard InChI is InChI=1S/C21H26N6O2/c1-14-11-18(26(3)24-14)21(29)22-12-19(28)27-10-6-7-15(13-27)20-23-16-8-4-5-9-17(16)25(20)2/h4-5,8-9,11,15H,6-7,10,12-13H2,1-3H3,(H,22,29). The van der Waals surface area contributed by atoms with Crippen LogP contribution in [0.2, 0.25) is 0 Å². The zero-order chi connectivity index (χ0) is 20.5. The number of benzene rings is 1. The van der Waals surface area contributed by atoms with Gasteiger partial charge in [-0.3, -0.25) is 14.3 Å². The van der Waals surface area contributed by atoms with Crippen molar-refractivity contribution in [2.24, 2.45) is 14.1 Å². The molecule has 8 nitrogen and oxygen atoms in total. The predicted molar refractivity (Wildman–Crippen MR) is 110 cm³/mol. The molecular formula is C21H26N6O2. The largest absolute Gasteiger partial charge is 0.342 e. The van der Waals surface area contributed by atoms with Gasteiger partial charge in [0.15, 0.2) is 0 Å². The van der Waals surface area contributed by atoms with Crippen molar-refractivity contribution in [3.8, 4) is 0 Å². The number of nitrogens with zero attached hydrogens (tertiary/aromatic N) is 5. The molecule has 29 heavy (non-hydrogen) atoms. The second-order valence-corrected chi connectivity index (χ2v) is 7.67. The Bertz CT molecular complexity index is 1070. The van der Waals surface area contributed by atoms with E-state index in [4.69, 9.17) is 4.98 Å². The van der Waals surface area contributed by atoms with E-state index in [2.05, 4.69) is 21.0 Å². The quantitative estimate of drug-likeness (QED) is 0.731. The molecule has 0 radical (unpaired) electrons. The number of amides is 2. The van der Waals surface area contributed by atoms with E-state index in [1.54, 1.807) is 13.1 Å². The molecule has 1 fully saturated rings. The van der Waals surface area contributed by atoms with Crippen LogP contribution in [0.25, 0.3) is 11.0 Å². The van der Waals surface area contributed by atoms with Gasteiger partial charge in [-0.05, 0) is 38.0 Å². The summed E-state index contributed by atoms with van der Waals surface area (Å²) >= 11 is 0. The van der Waals surface area contributed by atoms with Gasteiger partial charge in [0.1, 0.15) is 11.5 Å². The summed E-state index contributed by atoms with van der Waals surface area (Å²) in [4.78, 5) is 31.7. The van der Waals surface area contributed by atoms with Crippen molar-refractivity contribution in [1.82, 2.24) is 29.5 Å². The average Bonchev–Trinajstić information content (AvgIpc) is 3.25. The zero-order valence-electron chi connectivity index (χ0n) is 17.1. The Labute approximate surface area is 169 Å². The van der Waals surface area contributed by atoms with E-state index < -0.39 is 0 Å². The second kappa shape index (κ2) is 7.69. The van der Waals surface area contributed by atoms with Gasteiger partial charge < -0.3 is 14.8 Å². The van der Waals surface area contributed by atoms with Gasteiger partial charge in [0.2, 0.25) is 5.91 Å². The number of rotatable bonds is 4. The molecule has 4 rings (SSSR count). The van der Waals surface area contributed by atoms with Crippen molar-refractivity contribution in [3.05, 3.63) is 47.5 Å². The Morgan fingerprint density at radius 2 is 2.03 bits per heavy atom. The zero-order valence-corrected chi connectivity index (χ0v) is 17.1. The van der Waals surface area contributed by atoms with Gasteiger partial charge in [-0.2, -0.15) is 5.10 Å². The van der Waals surface area contributed by atoms with Crippen molar-refractivity contribution < 1.29 is 9.59 Å². The molecule has 1 aliphatic rings. The fourth-order valence-electron chi connectivity index (χ4n) is 4.13. The molecule has 1 aromatic carbocycles. The second-order valence-electron chi connectivity index (χ2n) is 7.67. The van der Waals surface area contributed by atoms with Crippen LogP contribution in [0.15, 0.2) is 30.3 Å². The number of imidazole rings is 1. The van der Waals surface area contributed by atoms with Crippen molar-refractivity contribution in [2.45, 2.75) is 25.7 Å². The molecule has 3 aromatic rings. The molecule has 0 bridgehead atoms. The number of aromatic nitrogens is 4. The van der Waals surface area contributed by atoms with Crippen molar-refractivity contribution >= 4 is 22.8 Å². The SMILES string of the molecule is Cc1cc(C(=O)NCC(=O)N2CCCC(c3nc4ccccc4n3C)C2)n(C)n1. The third-order valence-corrected chi connectivity index (χ3v) is 5.60. The normalized spacial score (nSPS) is 16.9. The molecule has 3 heterocycles. The highest BCUT2D eigenvalue weighted by molar-refractivity contribution is 5.95. The summed E-state index contributed by atoms with van der Waals surface area (Å²) in [7, 11) is 3.75. The Morgan fingerprint density at radius 3 is 2.76 bits per heavy atom. The van der Waals surface area contributed by atoms with Gasteiger partial charge in [-0.25, -0.2) is 4.98 Å². The first-order chi connectivity index (χ1) is 13.9. The molecule has 1 N–H and O–H groups in total. The van der Waals surface area contributed by atoms with E-state index in [9.17, 15) is 9.59 Å². The van der Waals surface area contributed by atoms with Gasteiger partial charge >= 0.3 is 0 Å². The first kappa shape index (κ1) is 19.2. The maximum atomic E-state index is 12.7. The minimum absolute atomic E-state index is 0.0156. The minimum atomic E-state index is -0.287. The fourth-order valence-corrected chi connectivity index (χ4v) is 4.13. The van der Waals surface area contributed by atoms with Gasteiger partial charge in [-0.1, -0.05) is 12.1 Å². The third kappa shape index (κ3) is 3.74. The monoisotopic (exact) mass is 394 g/mol. The molecule has 152 valence electrons. The van der Waals surface area contributed by atoms with E-state index in [1.165, 1.54) is 4.68 Å². The fraction of sp³-hybridized carbons (Fsp3) is 0.429. The Kier molecular flexibility index (Phi) is 5.08. The molecule has 8 heteroatoms. The van der Waals surface area contributed by atoms with Crippen LogP contribution in [0.5, 0.6) is 0 Å². The van der Waals surface area contributed by atoms with Gasteiger partial charge in [-0.15, -0.1) is 0 Å². The molecule has 1 aliphatic heterocycles. The van der Waals surface area contributed by atoms with Gasteiger partial charge in [0, 0.05) is 33.1 Å².